The molecule has 2 amide bonds. The maximum atomic E-state index is 14.5. The Morgan fingerprint density at radius 2 is 1.94 bits per heavy atom. The quantitative estimate of drug-likeness (QED) is 0.396. The normalized spacial score (nSPS) is 14.9. The van der Waals surface area contributed by atoms with Gasteiger partial charge in [-0.3, -0.25) is 10.2 Å². The van der Waals surface area contributed by atoms with Gasteiger partial charge in [0.25, 0.3) is 0 Å². The van der Waals surface area contributed by atoms with Gasteiger partial charge in [-0.05, 0) is 24.7 Å². The number of halogens is 4. The zero-order valence-electron chi connectivity index (χ0n) is 19.0. The van der Waals surface area contributed by atoms with Crippen molar-refractivity contribution in [2.24, 2.45) is 0 Å². The van der Waals surface area contributed by atoms with Gasteiger partial charge in [-0.2, -0.15) is 0 Å². The minimum atomic E-state index is -0.595. The summed E-state index contributed by atoms with van der Waals surface area (Å²) in [5.74, 6) is -1.15. The van der Waals surface area contributed by atoms with Gasteiger partial charge in [0.1, 0.15) is 5.82 Å². The molecule has 35 heavy (non-hydrogen) atoms. The molecule has 0 aliphatic carbocycles. The van der Waals surface area contributed by atoms with E-state index in [0.717, 1.165) is 32.7 Å². The summed E-state index contributed by atoms with van der Waals surface area (Å²) < 4.78 is 34.4. The second-order valence-corrected chi connectivity index (χ2v) is 10.0. The maximum absolute atomic E-state index is 14.5. The van der Waals surface area contributed by atoms with E-state index >= 15 is 0 Å². The van der Waals surface area contributed by atoms with E-state index in [9.17, 15) is 13.6 Å². The predicted molar refractivity (Wildman–Crippen MR) is 136 cm³/mol. The molecule has 12 heteroatoms. The standard InChI is InChI=1S/C23H25Cl2F2N5O2S/c1-31-7-9-32(10-8-31)6-5-28-22(33)30-23-29-18-12-17(27)19(13-20(18)35-23)34-11-4-14-15(24)2-3-16(26)21(14)25/h2-3,12-13H,4-11H2,1H3,(H2,28,29,30,33). The smallest absolute Gasteiger partial charge is 0.321 e. The van der Waals surface area contributed by atoms with Crippen LogP contribution in [0.15, 0.2) is 24.3 Å². The van der Waals surface area contributed by atoms with Crippen LogP contribution in [-0.2, 0) is 6.42 Å². The molecular weight excluding hydrogens is 519 g/mol. The van der Waals surface area contributed by atoms with Gasteiger partial charge in [0.15, 0.2) is 16.7 Å². The van der Waals surface area contributed by atoms with Crippen molar-refractivity contribution in [2.45, 2.75) is 6.42 Å². The minimum Gasteiger partial charge on any atom is -0.490 e. The Hall–Kier alpha value is -2.24. The number of thiazole rings is 1. The third-order valence-corrected chi connectivity index (χ3v) is 7.42. The van der Waals surface area contributed by atoms with Crippen LogP contribution < -0.4 is 15.4 Å². The lowest BCUT2D eigenvalue weighted by atomic mass is 10.1. The molecular formula is C23H25Cl2F2N5O2S. The van der Waals surface area contributed by atoms with E-state index in [1.807, 2.05) is 0 Å². The summed E-state index contributed by atoms with van der Waals surface area (Å²) in [6.45, 7) is 5.35. The molecule has 1 aromatic heterocycles. The molecule has 7 nitrogen and oxygen atoms in total. The Morgan fingerprint density at radius 1 is 1.17 bits per heavy atom. The average Bonchev–Trinajstić information content (AvgIpc) is 3.20. The highest BCUT2D eigenvalue weighted by Crippen LogP contribution is 2.32. The number of piperazine rings is 1. The maximum Gasteiger partial charge on any atom is 0.321 e. The fourth-order valence-corrected chi connectivity index (χ4v) is 5.13. The van der Waals surface area contributed by atoms with Crippen molar-refractivity contribution in [1.82, 2.24) is 20.1 Å². The number of ether oxygens (including phenoxy) is 1. The van der Waals surface area contributed by atoms with Crippen LogP contribution in [0.1, 0.15) is 5.56 Å². The van der Waals surface area contributed by atoms with E-state index in [1.54, 1.807) is 0 Å². The number of likely N-dealkylation sites (N-methyl/N-ethyl adjacent to an activating group) is 1. The van der Waals surface area contributed by atoms with Crippen LogP contribution in [0.2, 0.25) is 10.0 Å². The molecule has 2 heterocycles. The number of carbonyl (C=O) groups excluding carboxylic acids is 1. The molecule has 0 atom stereocenters. The van der Waals surface area contributed by atoms with Crippen LogP contribution in [0.3, 0.4) is 0 Å². The first-order chi connectivity index (χ1) is 16.8. The lowest BCUT2D eigenvalue weighted by Crippen LogP contribution is -2.47. The number of rotatable bonds is 8. The molecule has 2 aromatic carbocycles. The number of anilines is 1. The van der Waals surface area contributed by atoms with Gasteiger partial charge in [-0.15, -0.1) is 0 Å². The fraction of sp³-hybridized carbons (Fsp3) is 0.391. The van der Waals surface area contributed by atoms with E-state index < -0.39 is 11.6 Å². The predicted octanol–water partition coefficient (Wildman–Crippen LogP) is 4.87. The average molecular weight is 544 g/mol. The highest BCUT2D eigenvalue weighted by molar-refractivity contribution is 7.22. The lowest BCUT2D eigenvalue weighted by molar-refractivity contribution is 0.155. The third-order valence-electron chi connectivity index (χ3n) is 5.72. The van der Waals surface area contributed by atoms with Gasteiger partial charge in [0.2, 0.25) is 0 Å². The summed E-state index contributed by atoms with van der Waals surface area (Å²) in [7, 11) is 2.10. The van der Waals surface area contributed by atoms with Crippen LogP contribution in [0, 0.1) is 11.6 Å². The van der Waals surface area contributed by atoms with Crippen molar-refractivity contribution in [1.29, 1.82) is 0 Å². The van der Waals surface area contributed by atoms with E-state index in [2.05, 4.69) is 32.5 Å². The third kappa shape index (κ3) is 6.71. The van der Waals surface area contributed by atoms with Crippen molar-refractivity contribution in [2.75, 3.05) is 58.2 Å². The van der Waals surface area contributed by atoms with E-state index in [4.69, 9.17) is 27.9 Å². The van der Waals surface area contributed by atoms with Crippen molar-refractivity contribution in [3.63, 3.8) is 0 Å². The fourth-order valence-electron chi connectivity index (χ4n) is 3.70. The Kier molecular flexibility index (Phi) is 8.61. The number of benzene rings is 2. The number of fused-ring (bicyclic) bond motifs is 1. The van der Waals surface area contributed by atoms with Gasteiger partial charge < -0.3 is 15.0 Å². The topological polar surface area (TPSA) is 69.7 Å². The van der Waals surface area contributed by atoms with Gasteiger partial charge in [-0.1, -0.05) is 34.5 Å². The molecule has 3 aromatic rings. The second kappa shape index (κ2) is 11.7. The first-order valence-corrected chi connectivity index (χ1v) is 12.7. The largest absolute Gasteiger partial charge is 0.490 e. The highest BCUT2D eigenvalue weighted by atomic mass is 35.5. The number of hydrogen-bond acceptors (Lipinski definition) is 6. The van der Waals surface area contributed by atoms with E-state index in [-0.39, 0.29) is 29.8 Å². The van der Waals surface area contributed by atoms with Crippen LogP contribution in [0.5, 0.6) is 5.75 Å². The van der Waals surface area contributed by atoms with Crippen molar-refractivity contribution >= 4 is 55.9 Å². The second-order valence-electron chi connectivity index (χ2n) is 8.22. The summed E-state index contributed by atoms with van der Waals surface area (Å²) in [6, 6.07) is 5.01. The molecule has 0 bridgehead atoms. The summed E-state index contributed by atoms with van der Waals surface area (Å²) in [6.07, 6.45) is 0.205. The van der Waals surface area contributed by atoms with Crippen molar-refractivity contribution in [3.8, 4) is 5.75 Å². The molecule has 1 aliphatic rings. The van der Waals surface area contributed by atoms with E-state index in [0.29, 0.717) is 32.5 Å². The lowest BCUT2D eigenvalue weighted by Gasteiger charge is -2.32. The molecule has 1 saturated heterocycles. The number of aromatic nitrogens is 1. The van der Waals surface area contributed by atoms with Crippen LogP contribution in [-0.4, -0.2) is 73.7 Å². The van der Waals surface area contributed by atoms with Gasteiger partial charge in [0, 0.05) is 62.8 Å². The number of urea groups is 1. The molecule has 0 saturated carbocycles. The van der Waals surface area contributed by atoms with Gasteiger partial charge in [0.05, 0.1) is 21.8 Å². The molecule has 2 N–H and O–H groups in total. The number of hydrogen-bond donors (Lipinski definition) is 2. The SMILES string of the molecule is CN1CCN(CCNC(=O)Nc2nc3cc(F)c(OCCc4c(Cl)ccc(F)c4Cl)cc3s2)CC1. The minimum absolute atomic E-state index is 0.0213. The van der Waals surface area contributed by atoms with Gasteiger partial charge in [-0.25, -0.2) is 18.6 Å². The molecule has 188 valence electrons. The number of amides is 2. The summed E-state index contributed by atoms with van der Waals surface area (Å²) in [5, 5.41) is 6.12. The monoisotopic (exact) mass is 543 g/mol. The molecule has 1 fully saturated rings. The van der Waals surface area contributed by atoms with Gasteiger partial charge >= 0.3 is 6.03 Å². The molecule has 1 aliphatic heterocycles. The van der Waals surface area contributed by atoms with Crippen LogP contribution in [0.25, 0.3) is 10.2 Å². The Morgan fingerprint density at radius 3 is 2.71 bits per heavy atom. The van der Waals surface area contributed by atoms with Crippen LogP contribution >= 0.6 is 34.5 Å². The number of nitrogens with zero attached hydrogens (tertiary/aromatic N) is 3. The molecule has 0 unspecified atom stereocenters. The highest BCUT2D eigenvalue weighted by Gasteiger charge is 2.16. The van der Waals surface area contributed by atoms with E-state index in [1.165, 1.54) is 35.6 Å². The first-order valence-electron chi connectivity index (χ1n) is 11.1. The van der Waals surface area contributed by atoms with Crippen molar-refractivity contribution < 1.29 is 18.3 Å². The van der Waals surface area contributed by atoms with Crippen molar-refractivity contribution in [3.05, 3.63) is 51.5 Å². The summed E-state index contributed by atoms with van der Waals surface area (Å²) in [5.41, 5.74) is 0.807. The summed E-state index contributed by atoms with van der Waals surface area (Å²) in [4.78, 5) is 21.1. The van der Waals surface area contributed by atoms with Crippen LogP contribution in [0.4, 0.5) is 18.7 Å². The summed E-state index contributed by atoms with van der Waals surface area (Å²) >= 11 is 13.3. The zero-order valence-corrected chi connectivity index (χ0v) is 21.4. The molecule has 4 rings (SSSR count). The number of carbonyl (C=O) groups is 1. The molecule has 0 radical (unpaired) electrons. The Balaban J connectivity index is 1.30. The molecule has 0 spiro atoms. The Bertz CT molecular complexity index is 1200. The number of nitrogens with one attached hydrogen (secondary N) is 2. The zero-order chi connectivity index (χ0) is 24.9. The first kappa shape index (κ1) is 25.8. The Labute approximate surface area is 216 Å².